The number of methoxy groups -OCH3 is 1. The molecule has 0 heterocycles. The fourth-order valence-corrected chi connectivity index (χ4v) is 2.43. The second-order valence-electron chi connectivity index (χ2n) is 5.60. The van der Waals surface area contributed by atoms with Gasteiger partial charge in [0.2, 0.25) is 5.91 Å². The number of benzene rings is 2. The van der Waals surface area contributed by atoms with Gasteiger partial charge in [0.25, 0.3) is 5.91 Å². The van der Waals surface area contributed by atoms with Gasteiger partial charge in [-0.05, 0) is 42.8 Å². The quantitative estimate of drug-likeness (QED) is 0.547. The summed E-state index contributed by atoms with van der Waals surface area (Å²) in [5.74, 6) is 2.84. The smallest absolute Gasteiger partial charge is 0.254 e. The lowest BCUT2D eigenvalue weighted by molar-refractivity contribution is -0.111. The molecule has 0 radical (unpaired) electrons. The van der Waals surface area contributed by atoms with Gasteiger partial charge in [-0.2, -0.15) is 0 Å². The zero-order valence-electron chi connectivity index (χ0n) is 15.8. The number of rotatable bonds is 8. The lowest BCUT2D eigenvalue weighted by Gasteiger charge is -2.10. The molecule has 2 amide bonds. The van der Waals surface area contributed by atoms with Gasteiger partial charge >= 0.3 is 0 Å². The van der Waals surface area contributed by atoms with Crippen LogP contribution in [0.1, 0.15) is 22.8 Å². The Morgan fingerprint density at radius 2 is 1.96 bits per heavy atom. The van der Waals surface area contributed by atoms with Crippen LogP contribution in [-0.4, -0.2) is 32.1 Å². The van der Waals surface area contributed by atoms with Crippen LogP contribution >= 0.6 is 0 Å². The van der Waals surface area contributed by atoms with Gasteiger partial charge in [0, 0.05) is 6.08 Å². The summed E-state index contributed by atoms with van der Waals surface area (Å²) >= 11 is 0. The van der Waals surface area contributed by atoms with E-state index >= 15 is 0 Å². The van der Waals surface area contributed by atoms with Gasteiger partial charge in [-0.25, -0.2) is 0 Å². The Bertz CT molecular complexity index is 913. The third-order valence-electron chi connectivity index (χ3n) is 3.70. The van der Waals surface area contributed by atoms with E-state index in [9.17, 15) is 9.59 Å². The molecule has 2 N–H and O–H groups in total. The molecule has 0 fully saturated rings. The Labute approximate surface area is 164 Å². The van der Waals surface area contributed by atoms with Crippen molar-refractivity contribution in [1.29, 1.82) is 0 Å². The lowest BCUT2D eigenvalue weighted by atomic mass is 10.1. The molecule has 0 aliphatic heterocycles. The van der Waals surface area contributed by atoms with E-state index in [1.54, 1.807) is 49.6 Å². The van der Waals surface area contributed by atoms with Crippen molar-refractivity contribution >= 4 is 23.6 Å². The molecule has 0 bridgehead atoms. The summed E-state index contributed by atoms with van der Waals surface area (Å²) in [6.07, 6.45) is 8.18. The van der Waals surface area contributed by atoms with Gasteiger partial charge in [-0.15, -0.1) is 6.42 Å². The predicted molar refractivity (Wildman–Crippen MR) is 109 cm³/mol. The molecule has 144 valence electrons. The molecule has 0 saturated heterocycles. The van der Waals surface area contributed by atoms with E-state index in [2.05, 4.69) is 16.6 Å². The maximum Gasteiger partial charge on any atom is 0.254 e. The number of terminal acetylenes is 1. The predicted octanol–water partition coefficient (Wildman–Crippen LogP) is 3.11. The molecular weight excluding hydrogens is 356 g/mol. The number of anilines is 1. The molecule has 0 aliphatic carbocycles. The first-order valence-corrected chi connectivity index (χ1v) is 8.69. The highest BCUT2D eigenvalue weighted by molar-refractivity contribution is 6.07. The van der Waals surface area contributed by atoms with E-state index in [1.165, 1.54) is 6.08 Å². The van der Waals surface area contributed by atoms with Gasteiger partial charge in [0.05, 0.1) is 31.5 Å². The third kappa shape index (κ3) is 5.64. The molecule has 2 aromatic carbocycles. The number of carbonyl (C=O) groups excluding carboxylic acids is 2. The van der Waals surface area contributed by atoms with Crippen molar-refractivity contribution in [2.75, 3.05) is 25.6 Å². The lowest BCUT2D eigenvalue weighted by Crippen LogP contribution is -2.25. The number of amides is 2. The van der Waals surface area contributed by atoms with Crippen molar-refractivity contribution < 1.29 is 19.1 Å². The molecule has 2 aromatic rings. The van der Waals surface area contributed by atoms with Crippen molar-refractivity contribution in [3.05, 3.63) is 59.7 Å². The first-order chi connectivity index (χ1) is 13.6. The van der Waals surface area contributed by atoms with E-state index in [1.807, 2.05) is 13.0 Å². The SMILES string of the molecule is C#CCNC(=O)c1ccccc1NC(=O)/C=C/c1ccc(OCC)c(OC)c1. The first-order valence-electron chi connectivity index (χ1n) is 8.69. The molecule has 0 aromatic heterocycles. The van der Waals surface area contributed by atoms with Crippen LogP contribution < -0.4 is 20.1 Å². The second-order valence-corrected chi connectivity index (χ2v) is 5.60. The van der Waals surface area contributed by atoms with Crippen LogP contribution in [-0.2, 0) is 4.79 Å². The summed E-state index contributed by atoms with van der Waals surface area (Å²) in [6, 6.07) is 12.1. The van der Waals surface area contributed by atoms with Crippen LogP contribution in [0, 0.1) is 12.3 Å². The van der Waals surface area contributed by atoms with E-state index in [4.69, 9.17) is 15.9 Å². The highest BCUT2D eigenvalue weighted by atomic mass is 16.5. The normalized spacial score (nSPS) is 10.2. The molecule has 0 saturated carbocycles. The Morgan fingerprint density at radius 1 is 1.18 bits per heavy atom. The summed E-state index contributed by atoms with van der Waals surface area (Å²) in [7, 11) is 1.56. The Balaban J connectivity index is 2.10. The topological polar surface area (TPSA) is 76.7 Å². The monoisotopic (exact) mass is 378 g/mol. The number of hydrogen-bond donors (Lipinski definition) is 2. The number of hydrogen-bond acceptors (Lipinski definition) is 4. The standard InChI is InChI=1S/C22H22N2O4/c1-4-14-23-22(26)17-8-6-7-9-18(17)24-21(25)13-11-16-10-12-19(28-5-2)20(15-16)27-3/h1,6-13,15H,5,14H2,2-3H3,(H,23,26)(H,24,25)/b13-11+. The Kier molecular flexibility index (Phi) is 7.67. The summed E-state index contributed by atoms with van der Waals surface area (Å²) < 4.78 is 10.8. The summed E-state index contributed by atoms with van der Waals surface area (Å²) in [6.45, 7) is 2.53. The second kappa shape index (κ2) is 10.4. The first kappa shape index (κ1) is 20.6. The summed E-state index contributed by atoms with van der Waals surface area (Å²) in [5, 5.41) is 5.28. The van der Waals surface area contributed by atoms with Crippen LogP contribution in [0.25, 0.3) is 6.08 Å². The maximum absolute atomic E-state index is 12.3. The zero-order valence-corrected chi connectivity index (χ0v) is 15.8. The van der Waals surface area contributed by atoms with Crippen LogP contribution in [0.2, 0.25) is 0 Å². The molecule has 2 rings (SSSR count). The van der Waals surface area contributed by atoms with Crippen LogP contribution in [0.4, 0.5) is 5.69 Å². The fourth-order valence-electron chi connectivity index (χ4n) is 2.43. The minimum atomic E-state index is -0.370. The fraction of sp³-hybridized carbons (Fsp3) is 0.182. The zero-order chi connectivity index (χ0) is 20.4. The minimum absolute atomic E-state index is 0.112. The highest BCUT2D eigenvalue weighted by Crippen LogP contribution is 2.28. The van der Waals surface area contributed by atoms with Crippen LogP contribution in [0.5, 0.6) is 11.5 Å². The Morgan fingerprint density at radius 3 is 2.68 bits per heavy atom. The molecule has 0 aliphatic rings. The van der Waals surface area contributed by atoms with Crippen molar-refractivity contribution in [2.24, 2.45) is 0 Å². The average Bonchev–Trinajstić information content (AvgIpc) is 2.71. The van der Waals surface area contributed by atoms with Gasteiger partial charge < -0.3 is 20.1 Å². The van der Waals surface area contributed by atoms with E-state index in [-0.39, 0.29) is 18.4 Å². The van der Waals surface area contributed by atoms with Gasteiger partial charge in [0.1, 0.15) is 0 Å². The van der Waals surface area contributed by atoms with Crippen molar-refractivity contribution in [3.63, 3.8) is 0 Å². The van der Waals surface area contributed by atoms with Gasteiger partial charge in [-0.3, -0.25) is 9.59 Å². The van der Waals surface area contributed by atoms with E-state index in [0.717, 1.165) is 5.56 Å². The Hall–Kier alpha value is -3.72. The molecule has 0 unspecified atom stereocenters. The van der Waals surface area contributed by atoms with Crippen LogP contribution in [0.3, 0.4) is 0 Å². The number of ether oxygens (including phenoxy) is 2. The number of para-hydroxylation sites is 1. The molecule has 0 atom stereocenters. The molecule has 28 heavy (non-hydrogen) atoms. The molecular formula is C22H22N2O4. The summed E-state index contributed by atoms with van der Waals surface area (Å²) in [4.78, 5) is 24.4. The van der Waals surface area contributed by atoms with E-state index in [0.29, 0.717) is 29.4 Å². The minimum Gasteiger partial charge on any atom is -0.493 e. The van der Waals surface area contributed by atoms with Crippen molar-refractivity contribution in [3.8, 4) is 23.8 Å². The maximum atomic E-state index is 12.3. The van der Waals surface area contributed by atoms with Crippen molar-refractivity contribution in [2.45, 2.75) is 6.92 Å². The van der Waals surface area contributed by atoms with E-state index < -0.39 is 0 Å². The molecule has 0 spiro atoms. The van der Waals surface area contributed by atoms with Crippen molar-refractivity contribution in [1.82, 2.24) is 5.32 Å². The molecule has 6 heteroatoms. The number of carbonyl (C=O) groups is 2. The highest BCUT2D eigenvalue weighted by Gasteiger charge is 2.11. The molecule has 6 nitrogen and oxygen atoms in total. The van der Waals surface area contributed by atoms with Crippen LogP contribution in [0.15, 0.2) is 48.5 Å². The number of nitrogens with one attached hydrogen (secondary N) is 2. The average molecular weight is 378 g/mol. The van der Waals surface area contributed by atoms with Gasteiger partial charge in [0.15, 0.2) is 11.5 Å². The summed E-state index contributed by atoms with van der Waals surface area (Å²) in [5.41, 5.74) is 1.51. The third-order valence-corrected chi connectivity index (χ3v) is 3.70. The largest absolute Gasteiger partial charge is 0.493 e. The van der Waals surface area contributed by atoms with Gasteiger partial charge in [-0.1, -0.05) is 24.1 Å².